The first-order valence-electron chi connectivity index (χ1n) is 4.29. The molecule has 1 heterocycles. The zero-order valence-corrected chi connectivity index (χ0v) is 7.21. The summed E-state index contributed by atoms with van der Waals surface area (Å²) in [7, 11) is 0. The van der Waals surface area contributed by atoms with Crippen molar-refractivity contribution in [3.8, 4) is 5.75 Å². The number of ether oxygens (including phenoxy) is 1. The van der Waals surface area contributed by atoms with Crippen LogP contribution in [0, 0.1) is 0 Å². The summed E-state index contributed by atoms with van der Waals surface area (Å²) in [5, 5.41) is 0. The first kappa shape index (κ1) is 7.41. The Balaban J connectivity index is 2.51. The average Bonchev–Trinajstić information content (AvgIpc) is 2.17. The molecule has 0 saturated carbocycles. The molecule has 0 aromatic heterocycles. The molecular formula is C11H12O. The minimum absolute atomic E-state index is 0.816. The Labute approximate surface area is 72.7 Å². The summed E-state index contributed by atoms with van der Waals surface area (Å²) in [6.07, 6.45) is 3.20. The molecule has 62 valence electrons. The zero-order chi connectivity index (χ0) is 8.39. The molecular weight excluding hydrogens is 148 g/mol. The Morgan fingerprint density at radius 3 is 3.00 bits per heavy atom. The molecule has 0 fully saturated rings. The van der Waals surface area contributed by atoms with Gasteiger partial charge in [-0.15, -0.1) is 0 Å². The molecule has 1 nitrogen and oxygen atoms in total. The van der Waals surface area contributed by atoms with Crippen LogP contribution in [0.25, 0.3) is 5.57 Å². The summed E-state index contributed by atoms with van der Waals surface area (Å²) < 4.78 is 5.51. The van der Waals surface area contributed by atoms with Crippen LogP contribution >= 0.6 is 0 Å². The number of rotatable bonds is 0. The van der Waals surface area contributed by atoms with Crippen molar-refractivity contribution in [1.82, 2.24) is 0 Å². The van der Waals surface area contributed by atoms with E-state index in [2.05, 4.69) is 25.1 Å². The van der Waals surface area contributed by atoms with Crippen LogP contribution in [0.15, 0.2) is 30.3 Å². The van der Waals surface area contributed by atoms with Crippen LogP contribution in [-0.2, 0) is 0 Å². The van der Waals surface area contributed by atoms with Gasteiger partial charge in [-0.1, -0.05) is 24.3 Å². The maximum Gasteiger partial charge on any atom is 0.126 e. The molecule has 0 spiro atoms. The topological polar surface area (TPSA) is 9.23 Å². The minimum Gasteiger partial charge on any atom is -0.493 e. The highest BCUT2D eigenvalue weighted by Gasteiger charge is 2.12. The van der Waals surface area contributed by atoms with Crippen LogP contribution in [0.1, 0.15) is 18.9 Å². The van der Waals surface area contributed by atoms with Gasteiger partial charge in [0, 0.05) is 12.0 Å². The predicted octanol–water partition coefficient (Wildman–Crippen LogP) is 2.87. The molecule has 1 aromatic carbocycles. The van der Waals surface area contributed by atoms with Crippen molar-refractivity contribution in [3.63, 3.8) is 0 Å². The number of hydrogen-bond acceptors (Lipinski definition) is 1. The Bertz CT molecular complexity index is 313. The molecule has 1 aliphatic heterocycles. The number of para-hydroxylation sites is 1. The highest BCUT2D eigenvalue weighted by Crippen LogP contribution is 2.31. The van der Waals surface area contributed by atoms with Gasteiger partial charge in [-0.2, -0.15) is 0 Å². The first-order chi connectivity index (χ1) is 5.92. The van der Waals surface area contributed by atoms with Crippen LogP contribution in [0.3, 0.4) is 0 Å². The van der Waals surface area contributed by atoms with Crippen molar-refractivity contribution in [2.45, 2.75) is 13.3 Å². The van der Waals surface area contributed by atoms with Crippen LogP contribution < -0.4 is 4.74 Å². The van der Waals surface area contributed by atoms with E-state index in [-0.39, 0.29) is 0 Å². The summed E-state index contributed by atoms with van der Waals surface area (Å²) in [5.74, 6) is 1.02. The van der Waals surface area contributed by atoms with Crippen molar-refractivity contribution >= 4 is 5.57 Å². The SMILES string of the molecule is C/C=C1\CCOc2ccccc21. The molecule has 1 aromatic rings. The van der Waals surface area contributed by atoms with Gasteiger partial charge in [-0.3, -0.25) is 0 Å². The number of benzene rings is 1. The maximum absolute atomic E-state index is 5.51. The smallest absolute Gasteiger partial charge is 0.126 e. The van der Waals surface area contributed by atoms with Crippen molar-refractivity contribution < 1.29 is 4.74 Å². The fourth-order valence-corrected chi connectivity index (χ4v) is 1.56. The van der Waals surface area contributed by atoms with Crippen molar-refractivity contribution in [2.24, 2.45) is 0 Å². The largest absolute Gasteiger partial charge is 0.493 e. The highest BCUT2D eigenvalue weighted by atomic mass is 16.5. The van der Waals surface area contributed by atoms with E-state index in [0.717, 1.165) is 18.8 Å². The minimum atomic E-state index is 0.816. The molecule has 0 aliphatic carbocycles. The zero-order valence-electron chi connectivity index (χ0n) is 7.21. The Kier molecular flexibility index (Phi) is 1.86. The molecule has 0 unspecified atom stereocenters. The summed E-state index contributed by atoms with van der Waals surface area (Å²) in [6.45, 7) is 2.90. The molecule has 2 rings (SSSR count). The van der Waals surface area contributed by atoms with Gasteiger partial charge in [0.05, 0.1) is 6.61 Å². The van der Waals surface area contributed by atoms with E-state index in [1.807, 2.05) is 12.1 Å². The van der Waals surface area contributed by atoms with Gasteiger partial charge in [-0.25, -0.2) is 0 Å². The molecule has 12 heavy (non-hydrogen) atoms. The lowest BCUT2D eigenvalue weighted by molar-refractivity contribution is 0.316. The van der Waals surface area contributed by atoms with E-state index >= 15 is 0 Å². The second-order valence-electron chi connectivity index (χ2n) is 2.91. The summed E-state index contributed by atoms with van der Waals surface area (Å²) in [6, 6.07) is 8.20. The Morgan fingerprint density at radius 2 is 2.17 bits per heavy atom. The van der Waals surface area contributed by atoms with Crippen LogP contribution in [0.2, 0.25) is 0 Å². The molecule has 0 atom stereocenters. The van der Waals surface area contributed by atoms with Crippen LogP contribution in [0.5, 0.6) is 5.75 Å². The van der Waals surface area contributed by atoms with E-state index in [4.69, 9.17) is 4.74 Å². The second-order valence-corrected chi connectivity index (χ2v) is 2.91. The highest BCUT2D eigenvalue weighted by molar-refractivity contribution is 5.71. The monoisotopic (exact) mass is 160 g/mol. The number of fused-ring (bicyclic) bond motifs is 1. The van der Waals surface area contributed by atoms with Crippen LogP contribution in [0.4, 0.5) is 0 Å². The van der Waals surface area contributed by atoms with Gasteiger partial charge in [0.2, 0.25) is 0 Å². The van der Waals surface area contributed by atoms with Gasteiger partial charge < -0.3 is 4.74 Å². The molecule has 0 N–H and O–H groups in total. The summed E-state index contributed by atoms with van der Waals surface area (Å²) in [4.78, 5) is 0. The summed E-state index contributed by atoms with van der Waals surface area (Å²) in [5.41, 5.74) is 2.66. The summed E-state index contributed by atoms with van der Waals surface area (Å²) >= 11 is 0. The first-order valence-corrected chi connectivity index (χ1v) is 4.29. The van der Waals surface area contributed by atoms with Gasteiger partial charge in [0.15, 0.2) is 0 Å². The number of hydrogen-bond donors (Lipinski definition) is 0. The van der Waals surface area contributed by atoms with E-state index in [0.29, 0.717) is 0 Å². The van der Waals surface area contributed by atoms with Gasteiger partial charge in [0.25, 0.3) is 0 Å². The van der Waals surface area contributed by atoms with Gasteiger partial charge >= 0.3 is 0 Å². The fraction of sp³-hybridized carbons (Fsp3) is 0.273. The quantitative estimate of drug-likeness (QED) is 0.567. The predicted molar refractivity (Wildman–Crippen MR) is 50.2 cm³/mol. The molecule has 1 aliphatic rings. The molecule has 0 saturated heterocycles. The third kappa shape index (κ3) is 1.11. The number of allylic oxidation sites excluding steroid dienone is 1. The Hall–Kier alpha value is -1.24. The lowest BCUT2D eigenvalue weighted by Crippen LogP contribution is -2.06. The molecule has 0 bridgehead atoms. The Morgan fingerprint density at radius 1 is 1.33 bits per heavy atom. The third-order valence-corrected chi connectivity index (χ3v) is 2.21. The van der Waals surface area contributed by atoms with Crippen molar-refractivity contribution in [2.75, 3.05) is 6.61 Å². The lowest BCUT2D eigenvalue weighted by atomic mass is 10.00. The average molecular weight is 160 g/mol. The van der Waals surface area contributed by atoms with E-state index < -0.39 is 0 Å². The lowest BCUT2D eigenvalue weighted by Gasteiger charge is -2.19. The third-order valence-electron chi connectivity index (χ3n) is 2.21. The van der Waals surface area contributed by atoms with Gasteiger partial charge in [-0.05, 0) is 18.6 Å². The molecule has 0 radical (unpaired) electrons. The van der Waals surface area contributed by atoms with Gasteiger partial charge in [0.1, 0.15) is 5.75 Å². The molecule has 0 amide bonds. The van der Waals surface area contributed by atoms with Crippen LogP contribution in [-0.4, -0.2) is 6.61 Å². The van der Waals surface area contributed by atoms with Crippen molar-refractivity contribution in [3.05, 3.63) is 35.9 Å². The fourth-order valence-electron chi connectivity index (χ4n) is 1.56. The van der Waals surface area contributed by atoms with E-state index in [9.17, 15) is 0 Å². The normalized spacial score (nSPS) is 18.6. The standard InChI is InChI=1S/C11H12O/c1-2-9-7-8-12-11-6-4-3-5-10(9)11/h2-6H,7-8H2,1H3/b9-2+. The van der Waals surface area contributed by atoms with Crippen molar-refractivity contribution in [1.29, 1.82) is 0 Å². The second kappa shape index (κ2) is 3.02. The molecule has 1 heteroatoms. The van der Waals surface area contributed by atoms with E-state index in [1.165, 1.54) is 11.1 Å². The maximum atomic E-state index is 5.51. The van der Waals surface area contributed by atoms with E-state index in [1.54, 1.807) is 0 Å².